The van der Waals surface area contributed by atoms with Gasteiger partial charge in [-0.2, -0.15) is 4.99 Å². The van der Waals surface area contributed by atoms with Crippen molar-refractivity contribution in [3.63, 3.8) is 0 Å². The van der Waals surface area contributed by atoms with E-state index in [4.69, 9.17) is 16.3 Å². The van der Waals surface area contributed by atoms with Gasteiger partial charge in [0.1, 0.15) is 0 Å². The largest absolute Gasteiger partial charge is 0.352 e. The van der Waals surface area contributed by atoms with E-state index in [9.17, 15) is 4.79 Å². The van der Waals surface area contributed by atoms with Crippen molar-refractivity contribution in [1.29, 1.82) is 0 Å². The van der Waals surface area contributed by atoms with Crippen LogP contribution in [0.5, 0.6) is 0 Å². The number of rotatable bonds is 2. The molecule has 1 unspecified atom stereocenters. The molecule has 1 atom stereocenters. The second-order valence-electron chi connectivity index (χ2n) is 2.38. The number of nitrogens with zero attached hydrogens (tertiary/aromatic N) is 1. The van der Waals surface area contributed by atoms with E-state index in [1.807, 2.05) is 0 Å². The van der Waals surface area contributed by atoms with Gasteiger partial charge in [-0.1, -0.05) is 17.7 Å². The lowest BCUT2D eigenvalue weighted by Crippen LogP contribution is -2.26. The van der Waals surface area contributed by atoms with E-state index < -0.39 is 5.72 Å². The Kier molecular flexibility index (Phi) is 2.82. The summed E-state index contributed by atoms with van der Waals surface area (Å²) in [4.78, 5) is 13.6. The van der Waals surface area contributed by atoms with Crippen molar-refractivity contribution < 1.29 is 9.53 Å². The molecule has 0 saturated heterocycles. The minimum Gasteiger partial charge on any atom is -0.352 e. The van der Waals surface area contributed by atoms with Gasteiger partial charge in [-0.3, -0.25) is 0 Å². The average Bonchev–Trinajstić information content (AvgIpc) is 2.10. The molecular formula is C8H8ClNO2. The monoisotopic (exact) mass is 185 g/mol. The van der Waals surface area contributed by atoms with Crippen LogP contribution in [0.25, 0.3) is 0 Å². The van der Waals surface area contributed by atoms with Gasteiger partial charge in [-0.25, -0.2) is 4.79 Å². The van der Waals surface area contributed by atoms with Crippen LogP contribution >= 0.6 is 11.6 Å². The molecule has 0 spiro atoms. The maximum Gasteiger partial charge on any atom is 0.238 e. The van der Waals surface area contributed by atoms with Crippen molar-refractivity contribution in [3.05, 3.63) is 23.3 Å². The normalized spacial score (nSPS) is 27.7. The molecule has 1 rings (SSSR count). The first-order chi connectivity index (χ1) is 5.72. The first-order valence-corrected chi connectivity index (χ1v) is 3.79. The molecule has 0 bridgehead atoms. The molecule has 0 aliphatic heterocycles. The summed E-state index contributed by atoms with van der Waals surface area (Å²) in [6.07, 6.45) is 6.97. The minimum atomic E-state index is -0.889. The summed E-state index contributed by atoms with van der Waals surface area (Å²) >= 11 is 5.68. The van der Waals surface area contributed by atoms with Crippen LogP contribution < -0.4 is 0 Å². The molecule has 0 N–H and O–H groups in total. The number of ether oxygens (including phenoxy) is 1. The topological polar surface area (TPSA) is 38.7 Å². The van der Waals surface area contributed by atoms with Gasteiger partial charge < -0.3 is 4.74 Å². The second kappa shape index (κ2) is 3.68. The molecule has 1 aliphatic rings. The third-order valence-corrected chi connectivity index (χ3v) is 1.96. The van der Waals surface area contributed by atoms with Crippen LogP contribution in [0.15, 0.2) is 28.3 Å². The van der Waals surface area contributed by atoms with E-state index in [2.05, 4.69) is 4.99 Å². The van der Waals surface area contributed by atoms with Crippen LogP contribution in [-0.2, 0) is 9.53 Å². The van der Waals surface area contributed by atoms with E-state index in [-0.39, 0.29) is 0 Å². The summed E-state index contributed by atoms with van der Waals surface area (Å²) < 4.78 is 5.05. The Morgan fingerprint density at radius 1 is 1.83 bits per heavy atom. The van der Waals surface area contributed by atoms with Crippen LogP contribution in [0.2, 0.25) is 0 Å². The fourth-order valence-corrected chi connectivity index (χ4v) is 1.09. The summed E-state index contributed by atoms with van der Waals surface area (Å²) in [5, 5.41) is 0.628. The van der Waals surface area contributed by atoms with Crippen LogP contribution in [0.3, 0.4) is 0 Å². The van der Waals surface area contributed by atoms with Gasteiger partial charge in [-0.05, 0) is 12.2 Å². The van der Waals surface area contributed by atoms with Gasteiger partial charge in [0.2, 0.25) is 6.08 Å². The molecule has 12 heavy (non-hydrogen) atoms. The molecule has 0 aromatic carbocycles. The molecule has 4 heteroatoms. The van der Waals surface area contributed by atoms with Crippen molar-refractivity contribution in [2.24, 2.45) is 4.99 Å². The van der Waals surface area contributed by atoms with E-state index in [1.54, 1.807) is 18.2 Å². The molecule has 0 amide bonds. The standard InChI is InChI=1S/C8H8ClNO2/c1-12-8(10-6-11)4-2-7(9)3-5-8/h2-4H,5H2,1H3. The Morgan fingerprint density at radius 2 is 2.58 bits per heavy atom. The quantitative estimate of drug-likeness (QED) is 0.486. The highest BCUT2D eigenvalue weighted by molar-refractivity contribution is 6.31. The number of hydrogen-bond donors (Lipinski definition) is 0. The molecule has 64 valence electrons. The zero-order chi connectivity index (χ0) is 9.03. The Bertz CT molecular complexity index is 279. The molecule has 0 radical (unpaired) electrons. The zero-order valence-corrected chi connectivity index (χ0v) is 7.34. The summed E-state index contributed by atoms with van der Waals surface area (Å²) in [5.41, 5.74) is -0.889. The number of carbonyl (C=O) groups excluding carboxylic acids is 1. The van der Waals surface area contributed by atoms with Gasteiger partial charge in [0.15, 0.2) is 5.72 Å². The van der Waals surface area contributed by atoms with Gasteiger partial charge in [0.05, 0.1) is 0 Å². The molecule has 3 nitrogen and oxygen atoms in total. The number of allylic oxidation sites excluding steroid dienone is 2. The summed E-state index contributed by atoms with van der Waals surface area (Å²) in [5.74, 6) is 0. The lowest BCUT2D eigenvalue weighted by Gasteiger charge is -2.23. The van der Waals surface area contributed by atoms with Crippen LogP contribution in [0.1, 0.15) is 6.42 Å². The second-order valence-corrected chi connectivity index (χ2v) is 2.81. The predicted molar refractivity (Wildman–Crippen MR) is 45.6 cm³/mol. The van der Waals surface area contributed by atoms with Crippen LogP contribution in [0.4, 0.5) is 0 Å². The predicted octanol–water partition coefficient (Wildman–Crippen LogP) is 1.75. The Morgan fingerprint density at radius 3 is 3.00 bits per heavy atom. The minimum absolute atomic E-state index is 0.466. The highest BCUT2D eigenvalue weighted by atomic mass is 35.5. The maximum atomic E-state index is 10.1. The van der Waals surface area contributed by atoms with Crippen molar-refractivity contribution in [3.8, 4) is 0 Å². The van der Waals surface area contributed by atoms with Gasteiger partial charge in [0, 0.05) is 18.6 Å². The van der Waals surface area contributed by atoms with E-state index in [0.717, 1.165) is 0 Å². The van der Waals surface area contributed by atoms with Crippen molar-refractivity contribution in [1.82, 2.24) is 0 Å². The lowest BCUT2D eigenvalue weighted by atomic mass is 10.1. The van der Waals surface area contributed by atoms with Crippen molar-refractivity contribution >= 4 is 17.7 Å². The number of methoxy groups -OCH3 is 1. The van der Waals surface area contributed by atoms with Crippen LogP contribution in [-0.4, -0.2) is 18.9 Å². The van der Waals surface area contributed by atoms with E-state index >= 15 is 0 Å². The first kappa shape index (κ1) is 9.20. The summed E-state index contributed by atoms with van der Waals surface area (Å²) in [6, 6.07) is 0. The Balaban J connectivity index is 2.87. The highest BCUT2D eigenvalue weighted by Gasteiger charge is 2.26. The fraction of sp³-hybridized carbons (Fsp3) is 0.375. The molecule has 0 aromatic rings. The molecule has 0 saturated carbocycles. The number of aliphatic imine (C=N–C) groups is 1. The summed E-state index contributed by atoms with van der Waals surface area (Å²) in [7, 11) is 1.48. The molecule has 0 aromatic heterocycles. The Labute approximate surface area is 75.4 Å². The SMILES string of the molecule is COC1(N=C=O)C=CC(Cl)=CC1. The van der Waals surface area contributed by atoms with Gasteiger partial charge in [0.25, 0.3) is 0 Å². The van der Waals surface area contributed by atoms with Gasteiger partial charge in [-0.15, -0.1) is 0 Å². The van der Waals surface area contributed by atoms with E-state index in [1.165, 1.54) is 13.2 Å². The molecule has 1 aliphatic carbocycles. The maximum absolute atomic E-state index is 10.1. The highest BCUT2D eigenvalue weighted by Crippen LogP contribution is 2.26. The van der Waals surface area contributed by atoms with Gasteiger partial charge >= 0.3 is 0 Å². The summed E-state index contributed by atoms with van der Waals surface area (Å²) in [6.45, 7) is 0. The molecule has 0 heterocycles. The third kappa shape index (κ3) is 1.83. The smallest absolute Gasteiger partial charge is 0.238 e. The van der Waals surface area contributed by atoms with Crippen molar-refractivity contribution in [2.45, 2.75) is 12.1 Å². The first-order valence-electron chi connectivity index (χ1n) is 3.41. The lowest BCUT2D eigenvalue weighted by molar-refractivity contribution is 0.0418. The van der Waals surface area contributed by atoms with E-state index in [0.29, 0.717) is 11.5 Å². The van der Waals surface area contributed by atoms with Crippen LogP contribution in [0, 0.1) is 0 Å². The molecular weight excluding hydrogens is 178 g/mol. The third-order valence-electron chi connectivity index (χ3n) is 1.68. The van der Waals surface area contributed by atoms with Crippen molar-refractivity contribution in [2.75, 3.05) is 7.11 Å². The number of isocyanates is 1. The average molecular weight is 186 g/mol. The number of hydrogen-bond acceptors (Lipinski definition) is 3. The molecule has 0 fully saturated rings. The zero-order valence-electron chi connectivity index (χ0n) is 6.58. The Hall–Kier alpha value is -0.890. The number of halogens is 1. The fourth-order valence-electron chi connectivity index (χ4n) is 0.947.